The molecule has 11 heavy (non-hydrogen) atoms. The van der Waals surface area contributed by atoms with Crippen LogP contribution >= 0.6 is 0 Å². The van der Waals surface area contributed by atoms with E-state index in [1.165, 1.54) is 5.31 Å². The van der Waals surface area contributed by atoms with Crippen LogP contribution < -0.4 is 5.31 Å². The zero-order chi connectivity index (χ0) is 10.5. The summed E-state index contributed by atoms with van der Waals surface area (Å²) >= 11 is 0. The van der Waals surface area contributed by atoms with Gasteiger partial charge in [0, 0.05) is 12.0 Å². The summed E-state index contributed by atoms with van der Waals surface area (Å²) in [5.74, 6) is -0.540. The molecule has 0 unspecified atom stereocenters. The molecule has 66 valence electrons. The first-order chi connectivity index (χ1) is 5.88. The maximum atomic E-state index is 10.6. The third-order valence-electron chi connectivity index (χ3n) is 1.13. The maximum absolute atomic E-state index is 10.6. The smallest absolute Gasteiger partial charge is 0.303 e. The van der Waals surface area contributed by atoms with Crippen LogP contribution in [0.25, 0.3) is 1.43 Å². The fraction of sp³-hybridized carbons (Fsp3) is 0.875. The summed E-state index contributed by atoms with van der Waals surface area (Å²) in [7, 11) is 0. The first-order valence-electron chi connectivity index (χ1n) is 4.66. The van der Waals surface area contributed by atoms with Crippen molar-refractivity contribution in [3.63, 3.8) is 0 Å². The van der Waals surface area contributed by atoms with Crippen LogP contribution in [0.4, 0.5) is 0 Å². The first kappa shape index (κ1) is 7.10. The van der Waals surface area contributed by atoms with Crippen LogP contribution in [-0.2, 0) is 4.79 Å². The van der Waals surface area contributed by atoms with Crippen LogP contribution in [0.15, 0.2) is 0 Å². The second-order valence-corrected chi connectivity index (χ2v) is 3.53. The highest BCUT2D eigenvalue weighted by molar-refractivity contribution is 5.66. The van der Waals surface area contributed by atoms with Gasteiger partial charge in [0.1, 0.15) is 1.41 Å². The molecule has 0 spiro atoms. The Morgan fingerprint density at radius 3 is 2.82 bits per heavy atom. The van der Waals surface area contributed by atoms with Gasteiger partial charge in [-0.2, -0.15) is 0 Å². The Kier molecular flexibility index (Phi) is 2.80. The number of rotatable bonds is 4. The molecule has 0 aromatic rings. The molecule has 0 bridgehead atoms. The lowest BCUT2D eigenvalue weighted by molar-refractivity contribution is -0.137. The number of carboxylic acids is 1. The van der Waals surface area contributed by atoms with Gasteiger partial charge in [-0.15, -0.1) is 0 Å². The predicted octanol–water partition coefficient (Wildman–Crippen LogP) is 1.24. The van der Waals surface area contributed by atoms with E-state index in [0.717, 1.165) is 0 Å². The molecule has 0 heterocycles. The summed E-state index contributed by atoms with van der Waals surface area (Å²) in [6.07, 6.45) is 0.757. The normalized spacial score (nSPS) is 14.2. The quantitative estimate of drug-likeness (QED) is 0.652. The zero-order valence-electron chi connectivity index (χ0n) is 9.39. The molecule has 0 aromatic heterocycles. The number of carbonyl (C=O) groups is 1. The first-order valence-corrected chi connectivity index (χ1v) is 3.80. The molecule has 3 nitrogen and oxygen atoms in total. The van der Waals surface area contributed by atoms with Crippen molar-refractivity contribution in [2.24, 2.45) is 0 Å². The van der Waals surface area contributed by atoms with Gasteiger partial charge in [-0.05, 0) is 33.7 Å². The van der Waals surface area contributed by atoms with Crippen molar-refractivity contribution in [3.05, 3.63) is 0 Å². The maximum Gasteiger partial charge on any atom is 0.303 e. The molecule has 0 fully saturated rings. The largest absolute Gasteiger partial charge is 0.481 e. The minimum absolute atomic E-state index is 0.203. The minimum Gasteiger partial charge on any atom is -0.481 e. The monoisotopic (exact) mass is 161 g/mol. The second-order valence-electron chi connectivity index (χ2n) is 3.53. The van der Waals surface area contributed by atoms with Gasteiger partial charge in [0.2, 0.25) is 0 Å². The number of hydrogen-bond acceptors (Lipinski definition) is 3. The number of nitrogens with one attached hydrogen (secondary N) is 1. The van der Waals surface area contributed by atoms with E-state index >= 15 is 0 Å². The summed E-state index contributed by atoms with van der Waals surface area (Å²) in [6.45, 7) is 6.31. The predicted molar refractivity (Wildman–Crippen MR) is 44.6 cm³/mol. The molecule has 0 saturated heterocycles. The van der Waals surface area contributed by atoms with Crippen LogP contribution in [0.3, 0.4) is 0 Å². The van der Waals surface area contributed by atoms with Crippen LogP contribution in [0.1, 0.15) is 33.6 Å². The fourth-order valence-corrected chi connectivity index (χ4v) is 0.638. The average molecular weight is 161 g/mol. The molecular weight excluding hydrogens is 142 g/mol. The molecule has 2 N–H and O–H groups in total. The minimum atomic E-state index is -0.540. The van der Waals surface area contributed by atoms with E-state index in [-0.39, 0.29) is 12.0 Å². The van der Waals surface area contributed by atoms with E-state index in [9.17, 15) is 4.79 Å². The van der Waals surface area contributed by atoms with E-state index in [1.807, 2.05) is 20.8 Å². The summed E-state index contributed by atoms with van der Waals surface area (Å²) in [5, 5.41) is 5.17. The Morgan fingerprint density at radius 1 is 1.73 bits per heavy atom. The van der Waals surface area contributed by atoms with Crippen LogP contribution in [0.5, 0.6) is 0 Å². The number of hydrogen-bond donors (Lipinski definition) is 2. The molecule has 0 aliphatic carbocycles. The standard InChI is InChI=1S/C8H17NO2/c1-8(2,3)9-6-4-5-7(10)11/h9H,4-6H2,1-3H3,(H,10,11)/i/hD2. The Balaban J connectivity index is 3.60. The topological polar surface area (TPSA) is 49.3 Å². The molecular formula is C8H17NO2. The molecule has 0 aliphatic rings. The molecule has 0 aromatic carbocycles. The Hall–Kier alpha value is -0.570. The highest BCUT2D eigenvalue weighted by Crippen LogP contribution is 1.98. The Labute approximate surface area is 70.8 Å². The van der Waals surface area contributed by atoms with Gasteiger partial charge in [-0.3, -0.25) is 4.79 Å². The number of carboxylic acid groups (broad SMARTS) is 1. The van der Waals surface area contributed by atoms with Gasteiger partial charge in [0.05, 0.1) is 0 Å². The molecule has 0 aliphatic heterocycles. The van der Waals surface area contributed by atoms with E-state index < -0.39 is 5.97 Å². The van der Waals surface area contributed by atoms with Crippen molar-refractivity contribution in [1.82, 2.24) is 5.31 Å². The molecule has 0 atom stereocenters. The zero-order valence-corrected chi connectivity index (χ0v) is 7.39. The third kappa shape index (κ3) is 9.43. The van der Waals surface area contributed by atoms with Gasteiger partial charge in [0.25, 0.3) is 1.43 Å². The van der Waals surface area contributed by atoms with Gasteiger partial charge >= 0.3 is 5.97 Å². The summed E-state index contributed by atoms with van der Waals surface area (Å²) in [6, 6.07) is 0. The van der Waals surface area contributed by atoms with Crippen molar-refractivity contribution in [2.45, 2.75) is 39.2 Å². The second kappa shape index (κ2) is 4.34. The number of aliphatic carboxylic acids is 1. The van der Waals surface area contributed by atoms with E-state index in [4.69, 9.17) is 2.84 Å². The molecule has 0 radical (unpaired) electrons. The Bertz CT molecular complexity index is 168. The van der Waals surface area contributed by atoms with Crippen molar-refractivity contribution in [3.8, 4) is 0 Å². The highest BCUT2D eigenvalue weighted by Gasteiger charge is 2.07. The van der Waals surface area contributed by atoms with Crippen LogP contribution in [0, 0.1) is 0 Å². The van der Waals surface area contributed by atoms with Gasteiger partial charge in [0.15, 0.2) is 0 Å². The summed E-state index contributed by atoms with van der Waals surface area (Å²) in [5.41, 5.74) is -0.204. The lowest BCUT2D eigenvalue weighted by atomic mass is 10.1. The highest BCUT2D eigenvalue weighted by atomic mass is 16.4. The van der Waals surface area contributed by atoms with E-state index in [0.29, 0.717) is 13.0 Å². The SMILES string of the molecule is [2H]OC(=O)CCCN([2H])C(C)(C)C. The average Bonchev–Trinajstić information content (AvgIpc) is 2.02. The van der Waals surface area contributed by atoms with Crippen molar-refractivity contribution >= 4 is 5.97 Å². The lowest BCUT2D eigenvalue weighted by Crippen LogP contribution is -2.36. The molecule has 3 heteroatoms. The summed E-state index contributed by atoms with van der Waals surface area (Å²) in [4.78, 5) is 10.6. The van der Waals surface area contributed by atoms with Crippen LogP contribution in [0.2, 0.25) is 1.41 Å². The summed E-state index contributed by atoms with van der Waals surface area (Å²) < 4.78 is 13.9. The fourth-order valence-electron chi connectivity index (χ4n) is 0.638. The lowest BCUT2D eigenvalue weighted by Gasteiger charge is -2.19. The third-order valence-corrected chi connectivity index (χ3v) is 1.13. The van der Waals surface area contributed by atoms with E-state index in [1.54, 1.807) is 0 Å². The van der Waals surface area contributed by atoms with Crippen molar-refractivity contribution in [1.29, 1.82) is 1.43 Å². The van der Waals surface area contributed by atoms with Crippen molar-refractivity contribution in [2.75, 3.05) is 6.54 Å². The van der Waals surface area contributed by atoms with E-state index in [2.05, 4.69) is 5.11 Å². The molecule has 0 amide bonds. The van der Waals surface area contributed by atoms with Gasteiger partial charge in [-0.25, -0.2) is 0 Å². The molecule has 0 saturated carbocycles. The van der Waals surface area contributed by atoms with Gasteiger partial charge < -0.3 is 10.4 Å². The van der Waals surface area contributed by atoms with Crippen LogP contribution in [-0.4, -0.2) is 23.2 Å². The van der Waals surface area contributed by atoms with Crippen molar-refractivity contribution < 1.29 is 11.3 Å². The van der Waals surface area contributed by atoms with Gasteiger partial charge in [-0.1, -0.05) is 0 Å². The Morgan fingerprint density at radius 2 is 2.36 bits per heavy atom. The molecule has 0 rings (SSSR count).